The van der Waals surface area contributed by atoms with Gasteiger partial charge >= 0.3 is 0 Å². The van der Waals surface area contributed by atoms with Gasteiger partial charge in [-0.3, -0.25) is 0 Å². The maximum absolute atomic E-state index is 2.43. The summed E-state index contributed by atoms with van der Waals surface area (Å²) in [6.45, 7) is 0. The molecule has 2 aromatic heterocycles. The summed E-state index contributed by atoms with van der Waals surface area (Å²) < 4.78 is 5.40. The lowest BCUT2D eigenvalue weighted by molar-refractivity contribution is 1.64. The van der Waals surface area contributed by atoms with Gasteiger partial charge in [0.2, 0.25) is 0 Å². The van der Waals surface area contributed by atoms with E-state index in [1.807, 2.05) is 22.7 Å². The fourth-order valence-corrected chi connectivity index (χ4v) is 10.4. The van der Waals surface area contributed by atoms with Crippen LogP contribution in [0.5, 0.6) is 0 Å². The molecule has 50 heavy (non-hydrogen) atoms. The van der Waals surface area contributed by atoms with Crippen molar-refractivity contribution < 1.29 is 0 Å². The summed E-state index contributed by atoms with van der Waals surface area (Å²) in [4.78, 5) is 0. The van der Waals surface area contributed by atoms with Crippen molar-refractivity contribution in [3.63, 3.8) is 0 Å². The number of hydrogen-bond donors (Lipinski definition) is 0. The number of rotatable bonds is 3. The second kappa shape index (κ2) is 10.9. The highest BCUT2D eigenvalue weighted by Crippen LogP contribution is 2.47. The Kier molecular flexibility index (Phi) is 6.09. The number of benzene rings is 9. The van der Waals surface area contributed by atoms with Gasteiger partial charge < -0.3 is 0 Å². The summed E-state index contributed by atoms with van der Waals surface area (Å²) >= 11 is 3.81. The minimum atomic E-state index is 1.24. The molecule has 0 spiro atoms. The SMILES string of the molecule is c1ccc(-c2ccc3cc(-c4c5ccccc5c(-c5ccc6c(c5)sc5cc7c(cc56)sc5ccccc57)c5ccccc45)ccc3c2)cc1. The van der Waals surface area contributed by atoms with Crippen molar-refractivity contribution >= 4 is 95.3 Å². The predicted octanol–water partition coefficient (Wildman–Crippen LogP) is 14.9. The van der Waals surface area contributed by atoms with E-state index in [1.54, 1.807) is 0 Å². The molecule has 0 bridgehead atoms. The molecule has 0 aliphatic rings. The van der Waals surface area contributed by atoms with Crippen molar-refractivity contribution in [2.24, 2.45) is 0 Å². The lowest BCUT2D eigenvalue weighted by Gasteiger charge is -2.18. The largest absolute Gasteiger partial charge is 0.135 e. The van der Waals surface area contributed by atoms with Crippen LogP contribution in [0.15, 0.2) is 170 Å². The third kappa shape index (κ3) is 4.23. The van der Waals surface area contributed by atoms with Crippen molar-refractivity contribution in [3.8, 4) is 33.4 Å². The molecule has 0 aliphatic carbocycles. The maximum Gasteiger partial charge on any atom is 0.0362 e. The lowest BCUT2D eigenvalue weighted by Crippen LogP contribution is -1.91. The standard InChI is InChI=1S/C48H28S2/c1-2-10-29(11-3-1)30-18-19-32-25-33(21-20-31(32)24-30)47-37-13-4-6-15-39(37)48(40-16-7-5-14-38(40)47)34-22-23-36-42-28-45-41(27-46(42)50-44(36)26-34)35-12-8-9-17-43(35)49-45/h1-28H. The fourth-order valence-electron chi connectivity index (χ4n) is 8.11. The third-order valence-electron chi connectivity index (χ3n) is 10.4. The monoisotopic (exact) mass is 668 g/mol. The van der Waals surface area contributed by atoms with E-state index in [-0.39, 0.29) is 0 Å². The molecule has 2 heterocycles. The van der Waals surface area contributed by atoms with Crippen molar-refractivity contribution in [1.82, 2.24) is 0 Å². The molecule has 0 unspecified atom stereocenters. The van der Waals surface area contributed by atoms with Crippen LogP contribution in [0, 0.1) is 0 Å². The van der Waals surface area contributed by atoms with E-state index in [0.29, 0.717) is 0 Å². The van der Waals surface area contributed by atoms with E-state index >= 15 is 0 Å². The Labute approximate surface area is 297 Å². The Hall–Kier alpha value is -5.80. The van der Waals surface area contributed by atoms with Crippen LogP contribution in [0.25, 0.3) is 106 Å². The van der Waals surface area contributed by atoms with Gasteiger partial charge in [0.05, 0.1) is 0 Å². The molecule has 232 valence electrons. The van der Waals surface area contributed by atoms with E-state index in [2.05, 4.69) is 170 Å². The van der Waals surface area contributed by atoms with Gasteiger partial charge in [-0.1, -0.05) is 133 Å². The summed E-state index contributed by atoms with van der Waals surface area (Å²) in [5, 5.41) is 13.1. The molecule has 0 fully saturated rings. The minimum absolute atomic E-state index is 1.24. The number of fused-ring (bicyclic) bond motifs is 9. The molecule has 2 heteroatoms. The van der Waals surface area contributed by atoms with Crippen molar-refractivity contribution in [1.29, 1.82) is 0 Å². The summed E-state index contributed by atoms with van der Waals surface area (Å²) in [6.07, 6.45) is 0. The first kappa shape index (κ1) is 28.1. The van der Waals surface area contributed by atoms with E-state index in [4.69, 9.17) is 0 Å². The molecule has 9 aromatic carbocycles. The van der Waals surface area contributed by atoms with E-state index in [1.165, 1.54) is 106 Å². The molecule has 0 radical (unpaired) electrons. The minimum Gasteiger partial charge on any atom is -0.135 e. The Morgan fingerprint density at radius 3 is 1.32 bits per heavy atom. The molecule has 0 aliphatic heterocycles. The second-order valence-electron chi connectivity index (χ2n) is 13.2. The van der Waals surface area contributed by atoms with Gasteiger partial charge in [-0.25, -0.2) is 0 Å². The van der Waals surface area contributed by atoms with Crippen LogP contribution in [-0.2, 0) is 0 Å². The summed E-state index contributed by atoms with van der Waals surface area (Å²) in [7, 11) is 0. The molecule has 11 rings (SSSR count). The molecular weight excluding hydrogens is 641 g/mol. The molecule has 0 N–H and O–H groups in total. The summed E-state index contributed by atoms with van der Waals surface area (Å²) in [5.74, 6) is 0. The average molecular weight is 669 g/mol. The van der Waals surface area contributed by atoms with Gasteiger partial charge in [0.1, 0.15) is 0 Å². The topological polar surface area (TPSA) is 0 Å². The van der Waals surface area contributed by atoms with Crippen LogP contribution in [0.2, 0.25) is 0 Å². The smallest absolute Gasteiger partial charge is 0.0362 e. The van der Waals surface area contributed by atoms with Crippen molar-refractivity contribution in [2.45, 2.75) is 0 Å². The van der Waals surface area contributed by atoms with Gasteiger partial charge in [-0.05, 0) is 102 Å². The zero-order valence-corrected chi connectivity index (χ0v) is 28.6. The van der Waals surface area contributed by atoms with E-state index in [9.17, 15) is 0 Å². The van der Waals surface area contributed by atoms with Crippen LogP contribution >= 0.6 is 22.7 Å². The Morgan fingerprint density at radius 2 is 0.680 bits per heavy atom. The number of thiophene rings is 2. The molecule has 0 atom stereocenters. The van der Waals surface area contributed by atoms with Crippen molar-refractivity contribution in [2.75, 3.05) is 0 Å². The first-order valence-electron chi connectivity index (χ1n) is 17.1. The van der Waals surface area contributed by atoms with Gasteiger partial charge in [0, 0.05) is 40.3 Å². The molecule has 0 nitrogen and oxygen atoms in total. The third-order valence-corrected chi connectivity index (χ3v) is 12.7. The predicted molar refractivity (Wildman–Crippen MR) is 221 cm³/mol. The Morgan fingerprint density at radius 1 is 0.240 bits per heavy atom. The van der Waals surface area contributed by atoms with Crippen LogP contribution in [0.4, 0.5) is 0 Å². The van der Waals surface area contributed by atoms with Gasteiger partial charge in [-0.15, -0.1) is 22.7 Å². The lowest BCUT2D eigenvalue weighted by atomic mass is 9.85. The van der Waals surface area contributed by atoms with Crippen LogP contribution < -0.4 is 0 Å². The zero-order valence-electron chi connectivity index (χ0n) is 27.0. The second-order valence-corrected chi connectivity index (χ2v) is 15.4. The first-order valence-corrected chi connectivity index (χ1v) is 18.7. The molecule has 0 amide bonds. The van der Waals surface area contributed by atoms with E-state index in [0.717, 1.165) is 0 Å². The van der Waals surface area contributed by atoms with Crippen LogP contribution in [0.3, 0.4) is 0 Å². The molecular formula is C48H28S2. The first-order chi connectivity index (χ1) is 24.8. The van der Waals surface area contributed by atoms with Crippen LogP contribution in [-0.4, -0.2) is 0 Å². The number of hydrogen-bond acceptors (Lipinski definition) is 2. The van der Waals surface area contributed by atoms with Crippen molar-refractivity contribution in [3.05, 3.63) is 170 Å². The Balaban J connectivity index is 1.10. The van der Waals surface area contributed by atoms with Crippen LogP contribution in [0.1, 0.15) is 0 Å². The Bertz CT molecular complexity index is 3080. The zero-order chi connectivity index (χ0) is 32.8. The molecule has 0 saturated heterocycles. The molecule has 0 saturated carbocycles. The normalized spacial score (nSPS) is 12.0. The quantitative estimate of drug-likeness (QED) is 0.164. The maximum atomic E-state index is 2.43. The van der Waals surface area contributed by atoms with Gasteiger partial charge in [0.15, 0.2) is 0 Å². The summed E-state index contributed by atoms with van der Waals surface area (Å²) in [5.41, 5.74) is 7.60. The highest BCUT2D eigenvalue weighted by molar-refractivity contribution is 7.27. The van der Waals surface area contributed by atoms with Gasteiger partial charge in [-0.2, -0.15) is 0 Å². The molecule has 11 aromatic rings. The summed E-state index contributed by atoms with van der Waals surface area (Å²) in [6, 6.07) is 63.1. The fraction of sp³-hybridized carbons (Fsp3) is 0. The van der Waals surface area contributed by atoms with Gasteiger partial charge in [0.25, 0.3) is 0 Å². The average Bonchev–Trinajstić information content (AvgIpc) is 3.72. The highest BCUT2D eigenvalue weighted by atomic mass is 32.1. The highest BCUT2D eigenvalue weighted by Gasteiger charge is 2.18. The van der Waals surface area contributed by atoms with E-state index < -0.39 is 0 Å².